The molecular formula is C16H10N2O. The molecule has 0 saturated carbocycles. The maximum absolute atomic E-state index is 12.0. The Labute approximate surface area is 110 Å². The zero-order valence-electron chi connectivity index (χ0n) is 10.1. The number of para-hydroxylation sites is 1. The van der Waals surface area contributed by atoms with Gasteiger partial charge in [-0.05, 0) is 35.9 Å². The predicted molar refractivity (Wildman–Crippen MR) is 73.1 cm³/mol. The lowest BCUT2D eigenvalue weighted by Crippen LogP contribution is -2.26. The molecule has 0 radical (unpaired) electrons. The van der Waals surface area contributed by atoms with Crippen LogP contribution in [0.5, 0.6) is 0 Å². The van der Waals surface area contributed by atoms with Crippen LogP contribution in [0.15, 0.2) is 60.8 Å². The Balaban J connectivity index is 2.27. The average Bonchev–Trinajstić information content (AvgIpc) is 2.47. The molecule has 0 fully saturated rings. The number of hydrogen-bond donors (Lipinski definition) is 0. The first-order valence-corrected chi connectivity index (χ1v) is 5.91. The standard InChI is InChI=1S/C16H10N2O/c17-11-12-6-8-13(9-7-12)15-5-1-3-14-4-2-10-18(19)16(14)15/h1-10H. The van der Waals surface area contributed by atoms with Gasteiger partial charge in [0.1, 0.15) is 0 Å². The van der Waals surface area contributed by atoms with E-state index in [0.29, 0.717) is 11.1 Å². The summed E-state index contributed by atoms with van der Waals surface area (Å²) in [5.74, 6) is 0. The van der Waals surface area contributed by atoms with Crippen LogP contribution in [0, 0.1) is 16.5 Å². The Morgan fingerprint density at radius 2 is 1.68 bits per heavy atom. The molecule has 0 aliphatic heterocycles. The summed E-state index contributed by atoms with van der Waals surface area (Å²) >= 11 is 0. The number of nitriles is 1. The molecule has 0 aliphatic carbocycles. The maximum Gasteiger partial charge on any atom is 0.231 e. The molecule has 1 aromatic heterocycles. The number of benzene rings is 2. The third-order valence-electron chi connectivity index (χ3n) is 3.11. The van der Waals surface area contributed by atoms with E-state index in [0.717, 1.165) is 21.2 Å². The van der Waals surface area contributed by atoms with Gasteiger partial charge in [0.05, 0.1) is 17.2 Å². The highest BCUT2D eigenvalue weighted by atomic mass is 16.5. The Morgan fingerprint density at radius 1 is 0.947 bits per heavy atom. The Morgan fingerprint density at radius 3 is 2.42 bits per heavy atom. The van der Waals surface area contributed by atoms with E-state index < -0.39 is 0 Å². The molecule has 3 heteroatoms. The molecule has 0 atom stereocenters. The third-order valence-corrected chi connectivity index (χ3v) is 3.11. The molecule has 0 spiro atoms. The molecule has 3 rings (SSSR count). The molecular weight excluding hydrogens is 236 g/mol. The molecule has 90 valence electrons. The largest absolute Gasteiger partial charge is 0.618 e. The summed E-state index contributed by atoms with van der Waals surface area (Å²) in [6, 6.07) is 18.7. The molecule has 0 bridgehead atoms. The fourth-order valence-corrected chi connectivity index (χ4v) is 2.20. The van der Waals surface area contributed by atoms with Crippen molar-refractivity contribution < 1.29 is 4.73 Å². The second-order valence-electron chi connectivity index (χ2n) is 4.27. The van der Waals surface area contributed by atoms with E-state index in [9.17, 15) is 5.21 Å². The van der Waals surface area contributed by atoms with Crippen LogP contribution in [0.1, 0.15) is 5.56 Å². The van der Waals surface area contributed by atoms with Crippen molar-refractivity contribution in [2.75, 3.05) is 0 Å². The van der Waals surface area contributed by atoms with Gasteiger partial charge in [-0.1, -0.05) is 18.2 Å². The molecule has 0 saturated heterocycles. The van der Waals surface area contributed by atoms with Crippen molar-refractivity contribution in [2.24, 2.45) is 0 Å². The van der Waals surface area contributed by atoms with Crippen LogP contribution in [0.4, 0.5) is 0 Å². The monoisotopic (exact) mass is 246 g/mol. The second kappa shape index (κ2) is 4.43. The van der Waals surface area contributed by atoms with Crippen LogP contribution in [0.3, 0.4) is 0 Å². The normalized spacial score (nSPS) is 10.3. The van der Waals surface area contributed by atoms with Crippen molar-refractivity contribution >= 4 is 10.9 Å². The minimum Gasteiger partial charge on any atom is -0.618 e. The third kappa shape index (κ3) is 1.90. The summed E-state index contributed by atoms with van der Waals surface area (Å²) in [7, 11) is 0. The van der Waals surface area contributed by atoms with E-state index in [1.807, 2.05) is 36.4 Å². The van der Waals surface area contributed by atoms with Crippen LogP contribution in [-0.2, 0) is 0 Å². The number of nitrogens with zero attached hydrogens (tertiary/aromatic N) is 2. The van der Waals surface area contributed by atoms with Crippen LogP contribution in [-0.4, -0.2) is 0 Å². The van der Waals surface area contributed by atoms with Gasteiger partial charge in [-0.3, -0.25) is 0 Å². The zero-order chi connectivity index (χ0) is 13.2. The molecule has 1 heterocycles. The number of rotatable bonds is 1. The zero-order valence-corrected chi connectivity index (χ0v) is 10.1. The number of pyridine rings is 1. The predicted octanol–water partition coefficient (Wildman–Crippen LogP) is 3.01. The van der Waals surface area contributed by atoms with Crippen molar-refractivity contribution in [3.63, 3.8) is 0 Å². The van der Waals surface area contributed by atoms with Gasteiger partial charge >= 0.3 is 0 Å². The molecule has 2 aromatic carbocycles. The van der Waals surface area contributed by atoms with Crippen LogP contribution >= 0.6 is 0 Å². The summed E-state index contributed by atoms with van der Waals surface area (Å²) in [5, 5.41) is 21.7. The smallest absolute Gasteiger partial charge is 0.231 e. The molecule has 0 aliphatic rings. The topological polar surface area (TPSA) is 50.7 Å². The van der Waals surface area contributed by atoms with Crippen molar-refractivity contribution in [1.29, 1.82) is 5.26 Å². The fraction of sp³-hybridized carbons (Fsp3) is 0. The summed E-state index contributed by atoms with van der Waals surface area (Å²) in [5.41, 5.74) is 3.06. The summed E-state index contributed by atoms with van der Waals surface area (Å²) in [6.07, 6.45) is 1.50. The quantitative estimate of drug-likeness (QED) is 0.489. The first-order chi connectivity index (χ1) is 9.29. The number of hydrogen-bond acceptors (Lipinski definition) is 2. The molecule has 0 unspecified atom stereocenters. The molecule has 0 N–H and O–H groups in total. The minimum atomic E-state index is 0.610. The van der Waals surface area contributed by atoms with E-state index in [4.69, 9.17) is 5.26 Å². The second-order valence-corrected chi connectivity index (χ2v) is 4.27. The van der Waals surface area contributed by atoms with E-state index >= 15 is 0 Å². The summed E-state index contributed by atoms with van der Waals surface area (Å²) in [4.78, 5) is 0. The van der Waals surface area contributed by atoms with E-state index in [1.165, 1.54) is 6.20 Å². The molecule has 19 heavy (non-hydrogen) atoms. The van der Waals surface area contributed by atoms with Crippen LogP contribution in [0.25, 0.3) is 22.0 Å². The van der Waals surface area contributed by atoms with Gasteiger partial charge in [0.2, 0.25) is 5.52 Å². The SMILES string of the molecule is N#Cc1ccc(-c2cccc3ccc[n+]([O-])c23)cc1. The van der Waals surface area contributed by atoms with Crippen molar-refractivity contribution in [3.8, 4) is 17.2 Å². The van der Waals surface area contributed by atoms with Gasteiger partial charge in [-0.2, -0.15) is 9.99 Å². The average molecular weight is 246 g/mol. The minimum absolute atomic E-state index is 0.610. The lowest BCUT2D eigenvalue weighted by Gasteiger charge is -2.07. The lowest BCUT2D eigenvalue weighted by molar-refractivity contribution is -0.576. The van der Waals surface area contributed by atoms with Crippen molar-refractivity contribution in [2.45, 2.75) is 0 Å². The summed E-state index contributed by atoms with van der Waals surface area (Å²) in [6.45, 7) is 0. The van der Waals surface area contributed by atoms with E-state index in [1.54, 1.807) is 18.2 Å². The van der Waals surface area contributed by atoms with Crippen molar-refractivity contribution in [3.05, 3.63) is 71.6 Å². The highest BCUT2D eigenvalue weighted by Gasteiger charge is 2.11. The van der Waals surface area contributed by atoms with Crippen LogP contribution in [0.2, 0.25) is 0 Å². The summed E-state index contributed by atoms with van der Waals surface area (Å²) < 4.78 is 0.878. The number of fused-ring (bicyclic) bond motifs is 1. The highest BCUT2D eigenvalue weighted by Crippen LogP contribution is 2.26. The first kappa shape index (κ1) is 11.2. The van der Waals surface area contributed by atoms with Gasteiger partial charge in [-0.15, -0.1) is 0 Å². The number of aromatic nitrogens is 1. The van der Waals surface area contributed by atoms with Gasteiger partial charge in [0, 0.05) is 11.5 Å². The highest BCUT2D eigenvalue weighted by molar-refractivity contribution is 5.91. The van der Waals surface area contributed by atoms with Gasteiger partial charge < -0.3 is 5.21 Å². The lowest BCUT2D eigenvalue weighted by atomic mass is 10.0. The van der Waals surface area contributed by atoms with Gasteiger partial charge in [0.25, 0.3) is 0 Å². The molecule has 3 aromatic rings. The van der Waals surface area contributed by atoms with E-state index in [-0.39, 0.29) is 0 Å². The van der Waals surface area contributed by atoms with Gasteiger partial charge in [0.15, 0.2) is 6.20 Å². The fourth-order valence-electron chi connectivity index (χ4n) is 2.20. The van der Waals surface area contributed by atoms with Crippen LogP contribution < -0.4 is 4.73 Å². The molecule has 3 nitrogen and oxygen atoms in total. The Kier molecular flexibility index (Phi) is 2.62. The Hall–Kier alpha value is -2.86. The molecule has 0 amide bonds. The van der Waals surface area contributed by atoms with E-state index in [2.05, 4.69) is 6.07 Å². The Bertz CT molecular complexity index is 781. The maximum atomic E-state index is 12.0. The first-order valence-electron chi connectivity index (χ1n) is 5.91. The van der Waals surface area contributed by atoms with Gasteiger partial charge in [-0.25, -0.2) is 0 Å². The van der Waals surface area contributed by atoms with Crippen molar-refractivity contribution in [1.82, 2.24) is 0 Å².